The lowest BCUT2D eigenvalue weighted by atomic mass is 9.71. The molecule has 2 heterocycles. The Bertz CT molecular complexity index is 976. The number of methoxy groups -OCH3 is 2. The normalized spacial score (nSPS) is 23.6. The van der Waals surface area contributed by atoms with Gasteiger partial charge >= 0.3 is 5.97 Å². The van der Waals surface area contributed by atoms with E-state index in [4.69, 9.17) is 14.6 Å². The van der Waals surface area contributed by atoms with Crippen molar-refractivity contribution in [3.8, 4) is 11.5 Å². The Hall–Kier alpha value is -2.83. The summed E-state index contributed by atoms with van der Waals surface area (Å²) in [4.78, 5) is 30.9. The van der Waals surface area contributed by atoms with Crippen LogP contribution in [-0.4, -0.2) is 54.8 Å². The SMILES string of the molecule is COc1cc2c(cc1OC)[C@H]1CC(=NCC(=O)O)C3=C(CC(C)(C)CC3=O)N1CC2. The van der Waals surface area contributed by atoms with Gasteiger partial charge in [0, 0.05) is 25.1 Å². The van der Waals surface area contributed by atoms with Crippen LogP contribution >= 0.6 is 0 Å². The van der Waals surface area contributed by atoms with E-state index in [1.807, 2.05) is 12.1 Å². The van der Waals surface area contributed by atoms with Crippen molar-refractivity contribution in [1.29, 1.82) is 0 Å². The Labute approximate surface area is 176 Å². The molecule has 1 aliphatic carbocycles. The van der Waals surface area contributed by atoms with Crippen molar-refractivity contribution in [2.75, 3.05) is 27.3 Å². The van der Waals surface area contributed by atoms with Gasteiger partial charge in [-0.05, 0) is 41.5 Å². The minimum Gasteiger partial charge on any atom is -0.493 e. The van der Waals surface area contributed by atoms with Gasteiger partial charge in [0.15, 0.2) is 17.3 Å². The number of rotatable bonds is 4. The van der Waals surface area contributed by atoms with Crippen LogP contribution in [0.5, 0.6) is 11.5 Å². The second-order valence-corrected chi connectivity index (χ2v) is 8.99. The monoisotopic (exact) mass is 412 g/mol. The average molecular weight is 412 g/mol. The molecule has 0 amide bonds. The highest BCUT2D eigenvalue weighted by atomic mass is 16.5. The van der Waals surface area contributed by atoms with Crippen molar-refractivity contribution in [3.05, 3.63) is 34.5 Å². The number of ether oxygens (including phenoxy) is 2. The summed E-state index contributed by atoms with van der Waals surface area (Å²) in [6, 6.07) is 4.04. The molecule has 1 N–H and O–H groups in total. The van der Waals surface area contributed by atoms with E-state index in [0.29, 0.717) is 35.6 Å². The van der Waals surface area contributed by atoms with E-state index in [9.17, 15) is 9.59 Å². The number of fused-ring (bicyclic) bond motifs is 4. The van der Waals surface area contributed by atoms with Crippen LogP contribution in [0, 0.1) is 5.41 Å². The van der Waals surface area contributed by atoms with Crippen LogP contribution in [0.4, 0.5) is 0 Å². The fourth-order valence-corrected chi connectivity index (χ4v) is 5.02. The lowest BCUT2D eigenvalue weighted by molar-refractivity contribution is -0.135. The number of aliphatic carboxylic acids is 1. The Balaban J connectivity index is 1.85. The number of hydrogen-bond donors (Lipinski definition) is 1. The van der Waals surface area contributed by atoms with Gasteiger partial charge in [-0.25, -0.2) is 0 Å². The number of Topliss-reactive ketones (excluding diaryl/α,β-unsaturated/α-hetero) is 1. The molecule has 1 aromatic rings. The number of ketones is 1. The number of carboxylic acid groups (broad SMARTS) is 1. The first-order valence-electron chi connectivity index (χ1n) is 10.3. The third-order valence-electron chi connectivity index (χ3n) is 6.28. The molecule has 0 aromatic heterocycles. The first kappa shape index (κ1) is 20.4. The Morgan fingerprint density at radius 3 is 2.60 bits per heavy atom. The summed E-state index contributed by atoms with van der Waals surface area (Å²) < 4.78 is 11.0. The quantitative estimate of drug-likeness (QED) is 0.817. The number of carbonyl (C=O) groups excluding carboxylic acids is 1. The molecule has 1 atom stereocenters. The van der Waals surface area contributed by atoms with Gasteiger partial charge in [0.2, 0.25) is 0 Å². The van der Waals surface area contributed by atoms with Crippen molar-refractivity contribution in [3.63, 3.8) is 0 Å². The van der Waals surface area contributed by atoms with E-state index in [-0.39, 0.29) is 23.8 Å². The minimum atomic E-state index is -0.994. The number of hydrogen-bond acceptors (Lipinski definition) is 6. The van der Waals surface area contributed by atoms with Crippen LogP contribution < -0.4 is 9.47 Å². The molecule has 30 heavy (non-hydrogen) atoms. The highest BCUT2D eigenvalue weighted by molar-refractivity contribution is 6.24. The summed E-state index contributed by atoms with van der Waals surface area (Å²) in [7, 11) is 3.25. The van der Waals surface area contributed by atoms with Crippen LogP contribution in [0.3, 0.4) is 0 Å². The van der Waals surface area contributed by atoms with E-state index in [1.165, 1.54) is 5.56 Å². The van der Waals surface area contributed by atoms with Crippen molar-refractivity contribution in [2.45, 2.75) is 45.6 Å². The van der Waals surface area contributed by atoms with Crippen LogP contribution in [-0.2, 0) is 16.0 Å². The molecule has 1 aromatic carbocycles. The third-order valence-corrected chi connectivity index (χ3v) is 6.28. The second kappa shape index (κ2) is 7.45. The van der Waals surface area contributed by atoms with Gasteiger partial charge in [-0.15, -0.1) is 0 Å². The van der Waals surface area contributed by atoms with Crippen LogP contribution in [0.1, 0.15) is 50.3 Å². The van der Waals surface area contributed by atoms with E-state index in [1.54, 1.807) is 14.2 Å². The topological polar surface area (TPSA) is 88.4 Å². The molecule has 0 fully saturated rings. The van der Waals surface area contributed by atoms with E-state index in [0.717, 1.165) is 30.6 Å². The highest BCUT2D eigenvalue weighted by Gasteiger charge is 2.44. The Morgan fingerprint density at radius 2 is 1.93 bits per heavy atom. The molecule has 0 spiro atoms. The van der Waals surface area contributed by atoms with Crippen molar-refractivity contribution in [1.82, 2.24) is 4.90 Å². The standard InChI is InChI=1S/C23H28N2O5/c1-23(2)10-17-22(18(26)11-23)15(24-12-21(27)28)9-16-14-8-20(30-4)19(29-3)7-13(14)5-6-25(16)17/h7-8,16H,5-6,9-12H2,1-4H3,(H,27,28)/t16-/m1/s1. The number of nitrogens with zero attached hydrogens (tertiary/aromatic N) is 2. The van der Waals surface area contributed by atoms with Gasteiger partial charge in [0.25, 0.3) is 0 Å². The first-order valence-corrected chi connectivity index (χ1v) is 10.3. The van der Waals surface area contributed by atoms with E-state index < -0.39 is 5.97 Å². The minimum absolute atomic E-state index is 0.00144. The first-order chi connectivity index (χ1) is 14.2. The zero-order valence-electron chi connectivity index (χ0n) is 17.9. The van der Waals surface area contributed by atoms with Crippen molar-refractivity contribution < 1.29 is 24.2 Å². The van der Waals surface area contributed by atoms with Crippen LogP contribution in [0.25, 0.3) is 0 Å². The van der Waals surface area contributed by atoms with Gasteiger partial charge < -0.3 is 19.5 Å². The summed E-state index contributed by atoms with van der Waals surface area (Å²) in [5.41, 5.74) is 4.47. The number of carbonyl (C=O) groups is 2. The zero-order chi connectivity index (χ0) is 21.6. The molecule has 7 nitrogen and oxygen atoms in total. The van der Waals surface area contributed by atoms with Gasteiger partial charge in [0.1, 0.15) is 6.54 Å². The molecule has 160 valence electrons. The average Bonchev–Trinajstić information content (AvgIpc) is 2.69. The number of benzene rings is 1. The maximum atomic E-state index is 13.1. The van der Waals surface area contributed by atoms with E-state index >= 15 is 0 Å². The molecule has 0 saturated carbocycles. The molecule has 0 unspecified atom stereocenters. The van der Waals surface area contributed by atoms with Gasteiger partial charge in [-0.3, -0.25) is 14.6 Å². The summed E-state index contributed by atoms with van der Waals surface area (Å²) in [6.07, 6.45) is 2.59. The van der Waals surface area contributed by atoms with Crippen LogP contribution in [0.2, 0.25) is 0 Å². The lowest BCUT2D eigenvalue weighted by Crippen LogP contribution is -2.45. The molecule has 0 saturated heterocycles. The van der Waals surface area contributed by atoms with Crippen molar-refractivity contribution >= 4 is 17.5 Å². The van der Waals surface area contributed by atoms with Gasteiger partial charge in [-0.1, -0.05) is 13.8 Å². The molecule has 7 heteroatoms. The molecule has 0 bridgehead atoms. The maximum absolute atomic E-state index is 13.1. The van der Waals surface area contributed by atoms with E-state index in [2.05, 4.69) is 23.7 Å². The lowest BCUT2D eigenvalue weighted by Gasteiger charge is -2.48. The maximum Gasteiger partial charge on any atom is 0.325 e. The summed E-state index contributed by atoms with van der Waals surface area (Å²) in [6.45, 7) is 4.70. The summed E-state index contributed by atoms with van der Waals surface area (Å²) in [5, 5.41) is 9.16. The van der Waals surface area contributed by atoms with Crippen LogP contribution in [0.15, 0.2) is 28.4 Å². The number of aliphatic imine (C=N–C) groups is 1. The summed E-state index contributed by atoms with van der Waals surface area (Å²) in [5.74, 6) is 0.448. The molecular formula is C23H28N2O5. The Kier molecular flexibility index (Phi) is 5.08. The van der Waals surface area contributed by atoms with Crippen molar-refractivity contribution in [2.24, 2.45) is 10.4 Å². The second-order valence-electron chi connectivity index (χ2n) is 8.99. The number of allylic oxidation sites excluding steroid dienone is 2. The zero-order valence-corrected chi connectivity index (χ0v) is 17.9. The predicted molar refractivity (Wildman–Crippen MR) is 112 cm³/mol. The summed E-state index contributed by atoms with van der Waals surface area (Å²) >= 11 is 0. The largest absolute Gasteiger partial charge is 0.493 e. The van der Waals surface area contributed by atoms with Gasteiger partial charge in [0.05, 0.1) is 31.5 Å². The number of carboxylic acids is 1. The smallest absolute Gasteiger partial charge is 0.325 e. The highest BCUT2D eigenvalue weighted by Crippen LogP contribution is 2.49. The fourth-order valence-electron chi connectivity index (χ4n) is 5.02. The van der Waals surface area contributed by atoms with Gasteiger partial charge in [-0.2, -0.15) is 0 Å². The fraction of sp³-hybridized carbons (Fsp3) is 0.522. The molecule has 2 aliphatic heterocycles. The predicted octanol–water partition coefficient (Wildman–Crippen LogP) is 3.18. The molecule has 3 aliphatic rings. The third kappa shape index (κ3) is 3.46. The molecule has 4 rings (SSSR count). The Morgan fingerprint density at radius 1 is 1.23 bits per heavy atom. The molecule has 0 radical (unpaired) electrons. The molecular weight excluding hydrogens is 384 g/mol.